The second-order valence-corrected chi connectivity index (χ2v) is 5.93. The monoisotopic (exact) mass is 250 g/mol. The van der Waals surface area contributed by atoms with Crippen LogP contribution in [0.3, 0.4) is 0 Å². The van der Waals surface area contributed by atoms with Crippen molar-refractivity contribution in [1.29, 1.82) is 0 Å². The highest BCUT2D eigenvalue weighted by Gasteiger charge is 2.06. The first-order valence-electron chi connectivity index (χ1n) is 4.02. The molecule has 0 heterocycles. The van der Waals surface area contributed by atoms with E-state index >= 15 is 0 Å². The molecule has 1 aromatic rings. The number of aryl methyl sites for hydroxylation is 1. The van der Waals surface area contributed by atoms with E-state index in [9.17, 15) is 13.0 Å². The summed E-state index contributed by atoms with van der Waals surface area (Å²) in [5, 5.41) is 0. The Morgan fingerprint density at radius 2 is 1.53 bits per heavy atom. The van der Waals surface area contributed by atoms with Gasteiger partial charge < -0.3 is 4.55 Å². The van der Waals surface area contributed by atoms with Gasteiger partial charge in [-0.25, -0.2) is 0 Å². The Morgan fingerprint density at radius 3 is 1.80 bits per heavy atom. The average molecular weight is 250 g/mol. The van der Waals surface area contributed by atoms with Crippen LogP contribution in [0.1, 0.15) is 5.56 Å². The minimum atomic E-state index is -4.02. The maximum absolute atomic E-state index is 10.5. The molecule has 6 heteroatoms. The Hall–Kier alpha value is -0.560. The van der Waals surface area contributed by atoms with Crippen LogP contribution in [0.4, 0.5) is 0 Å². The molecule has 0 aliphatic heterocycles. The lowest BCUT2D eigenvalue weighted by molar-refractivity contribution is 0.483. The van der Waals surface area contributed by atoms with Crippen LogP contribution in [0.2, 0.25) is 0 Å². The first-order chi connectivity index (χ1) is 6.73. The SMILES string of the molecule is C[S+](C)[O-].Cc1ccc(S(=O)(=O)O)cc1. The zero-order valence-electron chi connectivity index (χ0n) is 8.80. The van der Waals surface area contributed by atoms with Crippen LogP contribution in [-0.2, 0) is 21.3 Å². The highest BCUT2D eigenvalue weighted by molar-refractivity contribution is 7.89. The molecule has 0 unspecified atom stereocenters. The third kappa shape index (κ3) is 7.38. The summed E-state index contributed by atoms with van der Waals surface area (Å²) in [6.07, 6.45) is 3.28. The average Bonchev–Trinajstić information content (AvgIpc) is 2.01. The number of benzene rings is 1. The van der Waals surface area contributed by atoms with E-state index in [-0.39, 0.29) is 4.90 Å². The second-order valence-electron chi connectivity index (χ2n) is 3.03. The van der Waals surface area contributed by atoms with Gasteiger partial charge in [0.1, 0.15) is 0 Å². The van der Waals surface area contributed by atoms with Crippen molar-refractivity contribution in [1.82, 2.24) is 0 Å². The molecule has 0 fully saturated rings. The molecule has 0 bridgehead atoms. The summed E-state index contributed by atoms with van der Waals surface area (Å²) >= 11 is -0.611. The van der Waals surface area contributed by atoms with E-state index in [2.05, 4.69) is 0 Å². The van der Waals surface area contributed by atoms with Gasteiger partial charge in [0.25, 0.3) is 10.1 Å². The van der Waals surface area contributed by atoms with Crippen molar-refractivity contribution in [2.45, 2.75) is 11.8 Å². The van der Waals surface area contributed by atoms with Gasteiger partial charge in [0.15, 0.2) is 0 Å². The molecule has 0 atom stereocenters. The summed E-state index contributed by atoms with van der Waals surface area (Å²) in [5.41, 5.74) is 0.956. The largest absolute Gasteiger partial charge is 0.617 e. The van der Waals surface area contributed by atoms with Gasteiger partial charge >= 0.3 is 0 Å². The lowest BCUT2D eigenvalue weighted by Gasteiger charge is -1.95. The summed E-state index contributed by atoms with van der Waals surface area (Å²) in [7, 11) is -4.02. The Labute approximate surface area is 93.3 Å². The Balaban J connectivity index is 0.000000423. The molecular formula is C9H14O4S2. The highest BCUT2D eigenvalue weighted by atomic mass is 32.2. The van der Waals surface area contributed by atoms with Crippen LogP contribution in [0.25, 0.3) is 0 Å². The fourth-order valence-corrected chi connectivity index (χ4v) is 1.19. The Bertz CT molecular complexity index is 378. The standard InChI is InChI=1S/C7H8O3S.C2H6OS/c1-6-2-4-7(5-3-6)11(8,9)10;1-4(2)3/h2-5H,1H3,(H,8,9,10);1-2H3. The predicted molar refractivity (Wildman–Crippen MR) is 61.0 cm³/mol. The van der Waals surface area contributed by atoms with Gasteiger partial charge in [-0.15, -0.1) is 0 Å². The fourth-order valence-electron chi connectivity index (χ4n) is 0.710. The predicted octanol–water partition coefficient (Wildman–Crippen LogP) is 1.24. The van der Waals surface area contributed by atoms with E-state index < -0.39 is 21.3 Å². The van der Waals surface area contributed by atoms with Crippen LogP contribution in [-0.4, -0.2) is 30.0 Å². The number of hydrogen-bond donors (Lipinski definition) is 1. The van der Waals surface area contributed by atoms with E-state index in [1.807, 2.05) is 6.92 Å². The van der Waals surface area contributed by atoms with Crippen LogP contribution in [0.5, 0.6) is 0 Å². The molecule has 4 nitrogen and oxygen atoms in total. The molecule has 0 amide bonds. The van der Waals surface area contributed by atoms with E-state index in [4.69, 9.17) is 4.55 Å². The zero-order valence-corrected chi connectivity index (χ0v) is 10.4. The normalized spacial score (nSPS) is 10.8. The lowest BCUT2D eigenvalue weighted by Crippen LogP contribution is -1.96. The van der Waals surface area contributed by atoms with Crippen molar-refractivity contribution >= 4 is 21.3 Å². The van der Waals surface area contributed by atoms with Crippen molar-refractivity contribution in [2.75, 3.05) is 12.5 Å². The third-order valence-electron chi connectivity index (χ3n) is 1.32. The molecule has 15 heavy (non-hydrogen) atoms. The van der Waals surface area contributed by atoms with E-state index in [1.54, 1.807) is 24.6 Å². The van der Waals surface area contributed by atoms with Gasteiger partial charge in [0.05, 0.1) is 17.4 Å². The van der Waals surface area contributed by atoms with Gasteiger partial charge in [-0.2, -0.15) is 8.42 Å². The summed E-state index contributed by atoms with van der Waals surface area (Å²) in [6, 6.07) is 5.99. The quantitative estimate of drug-likeness (QED) is 0.601. The number of hydrogen-bond acceptors (Lipinski definition) is 3. The summed E-state index contributed by atoms with van der Waals surface area (Å²) in [5.74, 6) is 0. The maximum Gasteiger partial charge on any atom is 0.294 e. The van der Waals surface area contributed by atoms with Gasteiger partial charge in [-0.05, 0) is 19.1 Å². The molecular weight excluding hydrogens is 236 g/mol. The minimum absolute atomic E-state index is 0.0666. The molecule has 0 aliphatic carbocycles. The van der Waals surface area contributed by atoms with Gasteiger partial charge in [0.2, 0.25) is 0 Å². The van der Waals surface area contributed by atoms with E-state index in [0.29, 0.717) is 0 Å². The first-order valence-corrected chi connectivity index (χ1v) is 7.43. The molecule has 1 N–H and O–H groups in total. The molecule has 1 aromatic carbocycles. The molecule has 0 saturated carbocycles. The van der Waals surface area contributed by atoms with Crippen molar-refractivity contribution in [3.05, 3.63) is 29.8 Å². The van der Waals surface area contributed by atoms with Crippen molar-refractivity contribution < 1.29 is 17.5 Å². The van der Waals surface area contributed by atoms with Crippen molar-refractivity contribution in [3.63, 3.8) is 0 Å². The topological polar surface area (TPSA) is 77.4 Å². The fraction of sp³-hybridized carbons (Fsp3) is 0.333. The summed E-state index contributed by atoms with van der Waals surface area (Å²) in [4.78, 5) is -0.0666. The second kappa shape index (κ2) is 6.12. The molecule has 0 aromatic heterocycles. The van der Waals surface area contributed by atoms with Gasteiger partial charge in [-0.3, -0.25) is 4.55 Å². The lowest BCUT2D eigenvalue weighted by atomic mass is 10.2. The molecule has 86 valence electrons. The Morgan fingerprint density at radius 1 is 1.20 bits per heavy atom. The third-order valence-corrected chi connectivity index (χ3v) is 2.19. The molecule has 0 saturated heterocycles. The Kier molecular flexibility index (Phi) is 5.89. The molecule has 0 aliphatic rings. The van der Waals surface area contributed by atoms with Crippen LogP contribution in [0.15, 0.2) is 29.2 Å². The maximum atomic E-state index is 10.5. The van der Waals surface area contributed by atoms with Crippen LogP contribution in [0, 0.1) is 6.92 Å². The summed E-state index contributed by atoms with van der Waals surface area (Å²) in [6.45, 7) is 1.84. The molecule has 0 spiro atoms. The number of rotatable bonds is 1. The smallest absolute Gasteiger partial charge is 0.294 e. The van der Waals surface area contributed by atoms with Crippen molar-refractivity contribution in [2.24, 2.45) is 0 Å². The zero-order chi connectivity index (χ0) is 12.1. The van der Waals surface area contributed by atoms with Crippen molar-refractivity contribution in [3.8, 4) is 0 Å². The van der Waals surface area contributed by atoms with E-state index in [1.165, 1.54) is 12.1 Å². The summed E-state index contributed by atoms with van der Waals surface area (Å²) < 4.78 is 39.1. The highest BCUT2D eigenvalue weighted by Crippen LogP contribution is 2.08. The van der Waals surface area contributed by atoms with Crippen LogP contribution >= 0.6 is 0 Å². The molecule has 0 radical (unpaired) electrons. The molecule has 1 rings (SSSR count). The van der Waals surface area contributed by atoms with Gasteiger partial charge in [-0.1, -0.05) is 28.9 Å². The van der Waals surface area contributed by atoms with Gasteiger partial charge in [0, 0.05) is 0 Å². The first kappa shape index (κ1) is 14.4. The minimum Gasteiger partial charge on any atom is -0.617 e. The van der Waals surface area contributed by atoms with E-state index in [0.717, 1.165) is 5.56 Å². The van der Waals surface area contributed by atoms with Crippen LogP contribution < -0.4 is 0 Å².